The molecule has 0 aromatic carbocycles. The van der Waals surface area contributed by atoms with Crippen LogP contribution in [-0.2, 0) is 28.6 Å². The number of hydrogen-bond acceptors (Lipinski definition) is 6. The van der Waals surface area contributed by atoms with Gasteiger partial charge in [-0.15, -0.1) is 0 Å². The van der Waals surface area contributed by atoms with Crippen LogP contribution in [0.5, 0.6) is 0 Å². The second-order valence-corrected chi connectivity index (χ2v) is 22.7. The van der Waals surface area contributed by atoms with Crippen molar-refractivity contribution in [1.82, 2.24) is 0 Å². The lowest BCUT2D eigenvalue weighted by Gasteiger charge is -2.18. The lowest BCUT2D eigenvalue weighted by molar-refractivity contribution is -0.167. The van der Waals surface area contributed by atoms with Crippen LogP contribution in [0.2, 0.25) is 0 Å². The third-order valence-electron chi connectivity index (χ3n) is 15.0. The molecule has 0 N–H and O–H groups in total. The molecule has 0 fully saturated rings. The Labute approximate surface area is 473 Å². The Morgan fingerprint density at radius 1 is 0.263 bits per heavy atom. The number of carbonyl (C=O) groups is 3. The predicted molar refractivity (Wildman–Crippen MR) is 330 cm³/mol. The molecule has 1 atom stereocenters. The average Bonchev–Trinajstić information content (AvgIpc) is 3.42. The maximum absolute atomic E-state index is 12.9. The highest BCUT2D eigenvalue weighted by Gasteiger charge is 2.19. The Hall–Kier alpha value is -2.63. The van der Waals surface area contributed by atoms with Crippen molar-refractivity contribution in [3.63, 3.8) is 0 Å². The fourth-order valence-corrected chi connectivity index (χ4v) is 9.94. The number of esters is 3. The minimum atomic E-state index is -0.780. The van der Waals surface area contributed by atoms with Gasteiger partial charge < -0.3 is 14.2 Å². The van der Waals surface area contributed by atoms with Gasteiger partial charge in [-0.25, -0.2) is 0 Å². The second-order valence-electron chi connectivity index (χ2n) is 22.7. The molecular formula is C70H128O6. The van der Waals surface area contributed by atoms with Crippen LogP contribution in [0.3, 0.4) is 0 Å². The number of allylic oxidation sites excluding steroid dienone is 8. The number of rotatable bonds is 62. The summed E-state index contributed by atoms with van der Waals surface area (Å²) in [7, 11) is 0. The van der Waals surface area contributed by atoms with Crippen LogP contribution < -0.4 is 0 Å². The first-order valence-corrected chi connectivity index (χ1v) is 33.6. The maximum Gasteiger partial charge on any atom is 0.306 e. The fraction of sp³-hybridized carbons (Fsp3) is 0.843. The molecule has 0 aliphatic heterocycles. The van der Waals surface area contributed by atoms with Crippen molar-refractivity contribution in [2.75, 3.05) is 13.2 Å². The van der Waals surface area contributed by atoms with Crippen LogP contribution in [0.15, 0.2) is 48.6 Å². The van der Waals surface area contributed by atoms with Gasteiger partial charge in [0, 0.05) is 19.3 Å². The molecule has 0 radical (unpaired) electrons. The molecule has 0 aliphatic carbocycles. The summed E-state index contributed by atoms with van der Waals surface area (Å²) in [6, 6.07) is 0. The van der Waals surface area contributed by atoms with Gasteiger partial charge in [0.25, 0.3) is 0 Å². The van der Waals surface area contributed by atoms with Crippen LogP contribution in [0.25, 0.3) is 0 Å². The van der Waals surface area contributed by atoms with Gasteiger partial charge in [0.05, 0.1) is 0 Å². The molecule has 0 saturated heterocycles. The van der Waals surface area contributed by atoms with E-state index in [9.17, 15) is 14.4 Å². The lowest BCUT2D eigenvalue weighted by atomic mass is 10.0. The highest BCUT2D eigenvalue weighted by molar-refractivity contribution is 5.71. The van der Waals surface area contributed by atoms with E-state index in [2.05, 4.69) is 69.4 Å². The van der Waals surface area contributed by atoms with E-state index in [4.69, 9.17) is 14.2 Å². The Bertz CT molecular complexity index is 1310. The minimum absolute atomic E-state index is 0.0760. The minimum Gasteiger partial charge on any atom is -0.462 e. The zero-order valence-electron chi connectivity index (χ0n) is 51.0. The van der Waals surface area contributed by atoms with E-state index in [-0.39, 0.29) is 31.1 Å². The normalized spacial score (nSPS) is 12.3. The summed E-state index contributed by atoms with van der Waals surface area (Å²) in [5.74, 6) is -0.872. The van der Waals surface area contributed by atoms with Gasteiger partial charge in [0.15, 0.2) is 6.10 Å². The summed E-state index contributed by atoms with van der Waals surface area (Å²) in [4.78, 5) is 38.3. The maximum atomic E-state index is 12.9. The third kappa shape index (κ3) is 62.2. The molecule has 0 aromatic heterocycles. The molecule has 0 aliphatic rings. The third-order valence-corrected chi connectivity index (χ3v) is 15.0. The van der Waals surface area contributed by atoms with E-state index in [1.807, 2.05) is 0 Å². The molecule has 0 spiro atoms. The quantitative estimate of drug-likeness (QED) is 0.0261. The summed E-state index contributed by atoms with van der Waals surface area (Å²) in [6.07, 6.45) is 81.3. The first-order valence-electron chi connectivity index (χ1n) is 33.6. The van der Waals surface area contributed by atoms with Gasteiger partial charge in [-0.3, -0.25) is 14.4 Å². The van der Waals surface area contributed by atoms with E-state index in [1.165, 1.54) is 244 Å². The molecule has 0 saturated carbocycles. The topological polar surface area (TPSA) is 78.9 Å². The van der Waals surface area contributed by atoms with Crippen molar-refractivity contribution in [1.29, 1.82) is 0 Å². The Morgan fingerprint density at radius 2 is 0.474 bits per heavy atom. The highest BCUT2D eigenvalue weighted by Crippen LogP contribution is 2.17. The molecule has 1 unspecified atom stereocenters. The second kappa shape index (κ2) is 64.9. The smallest absolute Gasteiger partial charge is 0.306 e. The van der Waals surface area contributed by atoms with Crippen molar-refractivity contribution in [3.05, 3.63) is 48.6 Å². The van der Waals surface area contributed by atoms with E-state index in [0.717, 1.165) is 77.0 Å². The summed E-state index contributed by atoms with van der Waals surface area (Å²) < 4.78 is 16.9. The van der Waals surface area contributed by atoms with Gasteiger partial charge in [0.2, 0.25) is 0 Å². The zero-order chi connectivity index (χ0) is 55.0. The van der Waals surface area contributed by atoms with Crippen molar-refractivity contribution in [2.45, 2.75) is 367 Å². The van der Waals surface area contributed by atoms with Crippen molar-refractivity contribution in [2.24, 2.45) is 0 Å². The number of hydrogen-bond donors (Lipinski definition) is 0. The highest BCUT2D eigenvalue weighted by atomic mass is 16.6. The molecule has 444 valence electrons. The first kappa shape index (κ1) is 73.4. The van der Waals surface area contributed by atoms with Gasteiger partial charge in [0.1, 0.15) is 13.2 Å². The predicted octanol–water partition coefficient (Wildman–Crippen LogP) is 22.9. The summed E-state index contributed by atoms with van der Waals surface area (Å²) >= 11 is 0. The fourth-order valence-electron chi connectivity index (χ4n) is 9.94. The van der Waals surface area contributed by atoms with E-state index < -0.39 is 6.10 Å². The van der Waals surface area contributed by atoms with Crippen molar-refractivity contribution >= 4 is 17.9 Å². The van der Waals surface area contributed by atoms with E-state index in [0.29, 0.717) is 19.3 Å². The molecule has 0 heterocycles. The Balaban J connectivity index is 4.23. The lowest BCUT2D eigenvalue weighted by Crippen LogP contribution is -2.30. The standard InChI is InChI=1S/C70H128O6/c1-4-7-10-13-16-19-22-25-27-29-31-32-33-34-35-36-37-38-39-41-42-45-48-51-54-57-60-63-69(72)75-66-67(65-74-68(71)62-59-56-53-50-47-44-24-21-18-15-12-9-6-3)76-70(73)64-61-58-55-52-49-46-43-40-30-28-26-23-20-17-14-11-8-5-2/h20-21,23-24,28-31,67H,4-19,22,25-27,32-66H2,1-3H3/b23-20-,24-21-,30-28-,31-29-. The summed E-state index contributed by atoms with van der Waals surface area (Å²) in [5.41, 5.74) is 0. The number of carbonyl (C=O) groups excluding carboxylic acids is 3. The van der Waals surface area contributed by atoms with E-state index >= 15 is 0 Å². The first-order chi connectivity index (χ1) is 37.5. The van der Waals surface area contributed by atoms with Gasteiger partial charge in [-0.1, -0.05) is 288 Å². The van der Waals surface area contributed by atoms with Crippen LogP contribution in [0.4, 0.5) is 0 Å². The van der Waals surface area contributed by atoms with Crippen molar-refractivity contribution in [3.8, 4) is 0 Å². The Morgan fingerprint density at radius 3 is 0.750 bits per heavy atom. The van der Waals surface area contributed by atoms with E-state index in [1.54, 1.807) is 0 Å². The molecule has 0 aromatic rings. The van der Waals surface area contributed by atoms with Crippen LogP contribution >= 0.6 is 0 Å². The van der Waals surface area contributed by atoms with Gasteiger partial charge in [-0.05, 0) is 103 Å². The van der Waals surface area contributed by atoms with Crippen molar-refractivity contribution < 1.29 is 28.6 Å². The van der Waals surface area contributed by atoms with Gasteiger partial charge in [-0.2, -0.15) is 0 Å². The largest absolute Gasteiger partial charge is 0.462 e. The Kier molecular flexibility index (Phi) is 62.6. The molecular weight excluding hydrogens is 937 g/mol. The molecule has 6 heteroatoms. The molecule has 0 rings (SSSR count). The molecule has 76 heavy (non-hydrogen) atoms. The SMILES string of the molecule is CCCCCC/C=C\C/C=C\CCCCCCCCCC(=O)OC(COC(=O)CCCCCCC/C=C\CCCCCC)COC(=O)CCCCCCCCCCCCCCCCC/C=C\CCCCCCCCCC. The molecule has 0 amide bonds. The number of ether oxygens (including phenoxy) is 3. The summed E-state index contributed by atoms with van der Waals surface area (Å²) in [6.45, 7) is 6.65. The zero-order valence-corrected chi connectivity index (χ0v) is 51.0. The molecule has 0 bridgehead atoms. The van der Waals surface area contributed by atoms with Crippen LogP contribution in [0, 0.1) is 0 Å². The average molecular weight is 1070 g/mol. The monoisotopic (exact) mass is 1060 g/mol. The summed E-state index contributed by atoms with van der Waals surface area (Å²) in [5, 5.41) is 0. The molecule has 6 nitrogen and oxygen atoms in total. The van der Waals surface area contributed by atoms with Crippen LogP contribution in [0.1, 0.15) is 361 Å². The van der Waals surface area contributed by atoms with Gasteiger partial charge >= 0.3 is 17.9 Å². The number of unbranched alkanes of at least 4 members (excludes halogenated alkanes) is 43. The van der Waals surface area contributed by atoms with Crippen LogP contribution in [-0.4, -0.2) is 37.2 Å².